The van der Waals surface area contributed by atoms with Crippen molar-refractivity contribution in [3.63, 3.8) is 0 Å². The minimum absolute atomic E-state index is 0.00209. The van der Waals surface area contributed by atoms with Gasteiger partial charge >= 0.3 is 5.69 Å². The fourth-order valence-electron chi connectivity index (χ4n) is 3.87. The number of aromatic amines is 1. The van der Waals surface area contributed by atoms with Crippen LogP contribution >= 0.6 is 34.7 Å². The van der Waals surface area contributed by atoms with E-state index in [1.165, 1.54) is 10.4 Å². The number of nitrogens with zero attached hydrogens (tertiary/aromatic N) is 2. The summed E-state index contributed by atoms with van der Waals surface area (Å²) in [6.07, 6.45) is 0.408. The van der Waals surface area contributed by atoms with Crippen molar-refractivity contribution in [2.24, 2.45) is 4.99 Å². The van der Waals surface area contributed by atoms with E-state index in [0.717, 1.165) is 9.46 Å². The number of aromatic hydroxyl groups is 1. The van der Waals surface area contributed by atoms with Gasteiger partial charge in [-0.05, 0) is 54.3 Å². The zero-order chi connectivity index (χ0) is 23.1. The van der Waals surface area contributed by atoms with Gasteiger partial charge < -0.3 is 5.11 Å². The van der Waals surface area contributed by atoms with Crippen LogP contribution in [0.2, 0.25) is 5.02 Å². The van der Waals surface area contributed by atoms with E-state index < -0.39 is 17.1 Å². The van der Waals surface area contributed by atoms with Gasteiger partial charge in [0.1, 0.15) is 5.56 Å². The quantitative estimate of drug-likeness (QED) is 0.386. The minimum atomic E-state index is -0.752. The van der Waals surface area contributed by atoms with Crippen molar-refractivity contribution >= 4 is 46.1 Å². The van der Waals surface area contributed by atoms with Gasteiger partial charge in [-0.15, -0.1) is 23.1 Å². The second kappa shape index (κ2) is 8.70. The third-order valence-corrected chi connectivity index (χ3v) is 8.21. The number of hydrogen-bond donors (Lipinski definition) is 2. The Kier molecular flexibility index (Phi) is 5.74. The lowest BCUT2D eigenvalue weighted by molar-refractivity contribution is 0.429. The molecule has 4 aromatic rings. The molecule has 0 bridgehead atoms. The standard InChI is InChI=1S/C24H18ClN3O3S2/c1-13-9-10-32-21(13)19-12-17(26-16-7-2-3-8-18(16)33-19)20-22(29)27-24(31)28(23(20)30)15-6-4-5-14(25)11-15/h2-11,19,30H,12H2,1H3,(H,27,29,31)/t19-/m0/s1. The number of thioether (sulfide) groups is 1. The predicted molar refractivity (Wildman–Crippen MR) is 134 cm³/mol. The first kappa shape index (κ1) is 21.8. The van der Waals surface area contributed by atoms with Gasteiger partial charge in [-0.1, -0.05) is 29.8 Å². The zero-order valence-electron chi connectivity index (χ0n) is 17.4. The molecule has 0 saturated heterocycles. The van der Waals surface area contributed by atoms with Crippen LogP contribution in [0.4, 0.5) is 5.69 Å². The Morgan fingerprint density at radius 2 is 1.97 bits per heavy atom. The third kappa shape index (κ3) is 4.06. The van der Waals surface area contributed by atoms with E-state index in [2.05, 4.69) is 18.0 Å². The largest absolute Gasteiger partial charge is 0.493 e. The van der Waals surface area contributed by atoms with Gasteiger partial charge in [0, 0.05) is 26.5 Å². The van der Waals surface area contributed by atoms with Crippen molar-refractivity contribution < 1.29 is 5.11 Å². The molecule has 0 unspecified atom stereocenters. The van der Waals surface area contributed by atoms with Crippen LogP contribution in [0, 0.1) is 6.92 Å². The number of H-pyrrole nitrogens is 1. The molecule has 1 aliphatic heterocycles. The molecule has 0 amide bonds. The molecule has 3 heterocycles. The average Bonchev–Trinajstić information content (AvgIpc) is 3.10. The van der Waals surface area contributed by atoms with Crippen LogP contribution in [0.5, 0.6) is 5.88 Å². The highest BCUT2D eigenvalue weighted by molar-refractivity contribution is 7.99. The van der Waals surface area contributed by atoms with Crippen molar-refractivity contribution in [3.8, 4) is 11.6 Å². The molecule has 9 heteroatoms. The predicted octanol–water partition coefficient (Wildman–Crippen LogP) is 5.61. The summed E-state index contributed by atoms with van der Waals surface area (Å²) in [4.78, 5) is 34.9. The number of para-hydroxylation sites is 1. The van der Waals surface area contributed by atoms with Gasteiger partial charge in [0.25, 0.3) is 5.56 Å². The molecule has 2 aromatic carbocycles. The first-order chi connectivity index (χ1) is 15.9. The summed E-state index contributed by atoms with van der Waals surface area (Å²) in [5.41, 5.74) is 1.19. The summed E-state index contributed by atoms with van der Waals surface area (Å²) < 4.78 is 1.04. The molecule has 2 N–H and O–H groups in total. The number of aryl methyl sites for hydroxylation is 1. The van der Waals surface area contributed by atoms with Crippen molar-refractivity contribution in [2.45, 2.75) is 23.5 Å². The lowest BCUT2D eigenvalue weighted by atomic mass is 10.0. The fourth-order valence-corrected chi connectivity index (χ4v) is 6.50. The van der Waals surface area contributed by atoms with E-state index in [1.54, 1.807) is 47.4 Å². The van der Waals surface area contributed by atoms with Gasteiger partial charge in [0.05, 0.1) is 17.1 Å². The van der Waals surface area contributed by atoms with Crippen LogP contribution in [-0.2, 0) is 0 Å². The van der Waals surface area contributed by atoms with Crippen molar-refractivity contribution in [2.75, 3.05) is 0 Å². The first-order valence-corrected chi connectivity index (χ1v) is 12.3. The topological polar surface area (TPSA) is 87.5 Å². The third-order valence-electron chi connectivity index (χ3n) is 5.40. The molecule has 0 fully saturated rings. The van der Waals surface area contributed by atoms with E-state index in [1.807, 2.05) is 29.6 Å². The van der Waals surface area contributed by atoms with Gasteiger partial charge in [-0.3, -0.25) is 14.8 Å². The molecule has 6 nitrogen and oxygen atoms in total. The number of halogens is 1. The SMILES string of the molecule is Cc1ccsc1[C@@H]1CC(c2c(O)n(-c3cccc(Cl)c3)c(=O)[nH]c2=O)=Nc2ccccc2S1. The maximum atomic E-state index is 13.0. The number of aromatic nitrogens is 2. The number of rotatable bonds is 3. The molecule has 0 saturated carbocycles. The lowest BCUT2D eigenvalue weighted by Crippen LogP contribution is -2.33. The number of hydrogen-bond acceptors (Lipinski definition) is 6. The van der Waals surface area contributed by atoms with Gasteiger partial charge in [0.15, 0.2) is 0 Å². The Hall–Kier alpha value is -3.07. The summed E-state index contributed by atoms with van der Waals surface area (Å²) >= 11 is 9.43. The summed E-state index contributed by atoms with van der Waals surface area (Å²) in [7, 11) is 0. The Balaban J connectivity index is 1.73. The Morgan fingerprint density at radius 1 is 1.15 bits per heavy atom. The normalized spacial score (nSPS) is 15.6. The summed E-state index contributed by atoms with van der Waals surface area (Å²) in [6, 6.07) is 16.3. The van der Waals surface area contributed by atoms with Crippen LogP contribution < -0.4 is 11.2 Å². The molecule has 1 aliphatic rings. The van der Waals surface area contributed by atoms with Crippen LogP contribution in [0.3, 0.4) is 0 Å². The molecule has 166 valence electrons. The molecule has 0 radical (unpaired) electrons. The minimum Gasteiger partial charge on any atom is -0.493 e. The van der Waals surface area contributed by atoms with E-state index in [9.17, 15) is 14.7 Å². The summed E-state index contributed by atoms with van der Waals surface area (Å²) in [5.74, 6) is -0.462. The average molecular weight is 496 g/mol. The smallest absolute Gasteiger partial charge is 0.335 e. The lowest BCUT2D eigenvalue weighted by Gasteiger charge is -2.16. The molecule has 1 atom stereocenters. The van der Waals surface area contributed by atoms with Gasteiger partial charge in [-0.2, -0.15) is 0 Å². The fraction of sp³-hybridized carbons (Fsp3) is 0.125. The van der Waals surface area contributed by atoms with E-state index >= 15 is 0 Å². The highest BCUT2D eigenvalue weighted by atomic mass is 35.5. The molecule has 0 aliphatic carbocycles. The maximum Gasteiger partial charge on any atom is 0.335 e. The van der Waals surface area contributed by atoms with Crippen molar-refractivity contribution in [1.29, 1.82) is 0 Å². The Bertz CT molecular complexity index is 1520. The zero-order valence-corrected chi connectivity index (χ0v) is 19.8. The number of fused-ring (bicyclic) bond motifs is 1. The summed E-state index contributed by atoms with van der Waals surface area (Å²) in [6.45, 7) is 2.06. The first-order valence-electron chi connectivity index (χ1n) is 10.1. The monoisotopic (exact) mass is 495 g/mol. The number of nitrogens with one attached hydrogen (secondary N) is 1. The molecule has 5 rings (SSSR count). The van der Waals surface area contributed by atoms with Crippen LogP contribution in [0.15, 0.2) is 79.5 Å². The highest BCUT2D eigenvalue weighted by Crippen LogP contribution is 2.47. The molecular weight excluding hydrogens is 478 g/mol. The van der Waals surface area contributed by atoms with Crippen LogP contribution in [0.25, 0.3) is 5.69 Å². The van der Waals surface area contributed by atoms with Crippen LogP contribution in [-0.4, -0.2) is 20.4 Å². The number of benzene rings is 2. The summed E-state index contributed by atoms with van der Waals surface area (Å²) in [5, 5.41) is 13.6. The highest BCUT2D eigenvalue weighted by Gasteiger charge is 2.28. The molecule has 0 spiro atoms. The molecule has 33 heavy (non-hydrogen) atoms. The number of aliphatic imine (C=N–C) groups is 1. The van der Waals surface area contributed by atoms with E-state index in [-0.39, 0.29) is 10.8 Å². The molecular formula is C24H18ClN3O3S2. The van der Waals surface area contributed by atoms with Crippen molar-refractivity contribution in [3.05, 3.63) is 102 Å². The maximum absolute atomic E-state index is 13.0. The van der Waals surface area contributed by atoms with Gasteiger partial charge in [-0.25, -0.2) is 9.36 Å². The van der Waals surface area contributed by atoms with Gasteiger partial charge in [0.2, 0.25) is 5.88 Å². The van der Waals surface area contributed by atoms with Crippen molar-refractivity contribution in [1.82, 2.24) is 9.55 Å². The van der Waals surface area contributed by atoms with E-state index in [0.29, 0.717) is 28.5 Å². The molecule has 2 aromatic heterocycles. The Morgan fingerprint density at radius 3 is 2.73 bits per heavy atom. The van der Waals surface area contributed by atoms with E-state index in [4.69, 9.17) is 16.6 Å². The Labute approximate surface area is 202 Å². The number of thiophene rings is 1. The second-order valence-electron chi connectivity index (χ2n) is 7.58. The van der Waals surface area contributed by atoms with Crippen LogP contribution in [0.1, 0.15) is 27.7 Å². The second-order valence-corrected chi connectivity index (χ2v) is 10.2.